The zero-order valence-electron chi connectivity index (χ0n) is 13.9. The lowest BCUT2D eigenvalue weighted by molar-refractivity contribution is -0.155. The van der Waals surface area contributed by atoms with Crippen LogP contribution in [0.15, 0.2) is 5.11 Å². The molecule has 0 atom stereocenters. The maximum absolute atomic E-state index is 12.4. The Morgan fingerprint density at radius 2 is 1.81 bits per heavy atom. The average Bonchev–Trinajstić information content (AvgIpc) is 2.33. The van der Waals surface area contributed by atoms with Crippen LogP contribution in [-0.2, 0) is 9.53 Å². The van der Waals surface area contributed by atoms with Crippen LogP contribution in [0.25, 0.3) is 10.4 Å². The highest BCUT2D eigenvalue weighted by Crippen LogP contribution is 2.50. The first-order valence-electron chi connectivity index (χ1n) is 7.51. The first kappa shape index (κ1) is 17.8. The molecule has 1 saturated carbocycles. The topological polar surface area (TPSA) is 87.1 Å². The van der Waals surface area contributed by atoms with E-state index < -0.39 is 5.54 Å². The number of hydrogen-bond acceptors (Lipinski definition) is 4. The van der Waals surface area contributed by atoms with E-state index in [2.05, 4.69) is 43.0 Å². The molecule has 0 aromatic rings. The molecule has 0 saturated heterocycles. The van der Waals surface area contributed by atoms with E-state index in [0.717, 1.165) is 19.3 Å². The van der Waals surface area contributed by atoms with E-state index in [1.165, 1.54) is 7.11 Å². The van der Waals surface area contributed by atoms with Gasteiger partial charge in [-0.25, -0.2) is 0 Å². The third kappa shape index (κ3) is 4.90. The summed E-state index contributed by atoms with van der Waals surface area (Å²) in [6.07, 6.45) is 3.32. The van der Waals surface area contributed by atoms with Gasteiger partial charge < -0.3 is 10.1 Å². The van der Waals surface area contributed by atoms with Crippen LogP contribution in [0.4, 0.5) is 0 Å². The van der Waals surface area contributed by atoms with Crippen molar-refractivity contribution in [1.82, 2.24) is 5.32 Å². The Bertz CT molecular complexity index is 409. The predicted octanol–water partition coefficient (Wildman–Crippen LogP) is 3.42. The molecule has 0 unspecified atom stereocenters. The van der Waals surface area contributed by atoms with E-state index in [0.29, 0.717) is 19.5 Å². The minimum atomic E-state index is -0.643. The third-order valence-electron chi connectivity index (χ3n) is 4.06. The molecule has 0 amide bonds. The summed E-state index contributed by atoms with van der Waals surface area (Å²) >= 11 is 0. The summed E-state index contributed by atoms with van der Waals surface area (Å²) in [6, 6.07) is 0. The predicted molar refractivity (Wildman–Crippen MR) is 82.8 cm³/mol. The maximum Gasteiger partial charge on any atom is 0.326 e. The number of nitrogens with one attached hydrogen (secondary N) is 1. The van der Waals surface area contributed by atoms with E-state index in [-0.39, 0.29) is 16.8 Å². The lowest BCUT2D eigenvalue weighted by Crippen LogP contribution is -2.60. The largest absolute Gasteiger partial charge is 0.468 e. The van der Waals surface area contributed by atoms with Crippen molar-refractivity contribution in [2.24, 2.45) is 15.9 Å². The number of ether oxygens (including phenoxy) is 1. The summed E-state index contributed by atoms with van der Waals surface area (Å²) in [5, 5.41) is 6.92. The molecular weight excluding hydrogens is 268 g/mol. The van der Waals surface area contributed by atoms with E-state index in [9.17, 15) is 4.79 Å². The minimum absolute atomic E-state index is 0.0771. The van der Waals surface area contributed by atoms with Gasteiger partial charge in [0.25, 0.3) is 0 Å². The molecule has 0 aromatic heterocycles. The summed E-state index contributed by atoms with van der Waals surface area (Å²) < 4.78 is 5.07. The fraction of sp³-hybridized carbons (Fsp3) is 0.933. The Hall–Kier alpha value is -1.26. The molecule has 0 aliphatic heterocycles. The number of carbonyl (C=O) groups excluding carboxylic acids is 1. The van der Waals surface area contributed by atoms with Crippen LogP contribution in [-0.4, -0.2) is 31.7 Å². The van der Waals surface area contributed by atoms with E-state index >= 15 is 0 Å². The summed E-state index contributed by atoms with van der Waals surface area (Å²) in [4.78, 5) is 15.2. The van der Waals surface area contributed by atoms with Gasteiger partial charge in [-0.2, -0.15) is 0 Å². The number of carbonyl (C=O) groups is 1. The van der Waals surface area contributed by atoms with Crippen molar-refractivity contribution in [3.63, 3.8) is 0 Å². The SMILES string of the molecule is COC(=O)C1(NCCCN=[N+]=[N-])CC(C)(C)CC(C)(C)C1. The second-order valence-corrected chi connectivity index (χ2v) is 7.67. The standard InChI is InChI=1S/C15H28N4O2/c1-13(2)9-14(3,4)11-15(10-13,12(20)21-5)17-7-6-8-18-19-16/h17H,6-11H2,1-5H3. The van der Waals surface area contributed by atoms with Gasteiger partial charge in [0.15, 0.2) is 0 Å². The summed E-state index contributed by atoms with van der Waals surface area (Å²) in [6.45, 7) is 9.88. The first-order valence-corrected chi connectivity index (χ1v) is 7.51. The first-order chi connectivity index (χ1) is 9.66. The maximum atomic E-state index is 12.4. The second kappa shape index (κ2) is 6.67. The van der Waals surface area contributed by atoms with Crippen molar-refractivity contribution in [2.45, 2.75) is 58.9 Å². The van der Waals surface area contributed by atoms with Gasteiger partial charge in [0.1, 0.15) is 5.54 Å². The molecule has 6 nitrogen and oxygen atoms in total. The fourth-order valence-corrected chi connectivity index (χ4v) is 4.18. The quantitative estimate of drug-likeness (QED) is 0.268. The summed E-state index contributed by atoms with van der Waals surface area (Å²) in [5.74, 6) is -0.188. The Labute approximate surface area is 127 Å². The Morgan fingerprint density at radius 1 is 1.24 bits per heavy atom. The summed E-state index contributed by atoms with van der Waals surface area (Å²) in [5.41, 5.74) is 7.80. The van der Waals surface area contributed by atoms with Gasteiger partial charge in [0.2, 0.25) is 0 Å². The van der Waals surface area contributed by atoms with Crippen LogP contribution in [0.5, 0.6) is 0 Å². The molecule has 1 rings (SSSR count). The number of methoxy groups -OCH3 is 1. The minimum Gasteiger partial charge on any atom is -0.468 e. The van der Waals surface area contributed by atoms with Gasteiger partial charge in [-0.15, -0.1) is 0 Å². The van der Waals surface area contributed by atoms with E-state index in [4.69, 9.17) is 10.3 Å². The highest BCUT2D eigenvalue weighted by atomic mass is 16.5. The van der Waals surface area contributed by atoms with Gasteiger partial charge >= 0.3 is 5.97 Å². The molecule has 6 heteroatoms. The zero-order valence-corrected chi connectivity index (χ0v) is 13.9. The van der Waals surface area contributed by atoms with E-state index in [1.54, 1.807) is 0 Å². The van der Waals surface area contributed by atoms with Gasteiger partial charge in [0, 0.05) is 11.5 Å². The van der Waals surface area contributed by atoms with Crippen molar-refractivity contribution >= 4 is 5.97 Å². The van der Waals surface area contributed by atoms with Gasteiger partial charge in [-0.3, -0.25) is 4.79 Å². The molecule has 120 valence electrons. The molecule has 0 bridgehead atoms. The van der Waals surface area contributed by atoms with Crippen LogP contribution in [0, 0.1) is 10.8 Å². The molecule has 0 heterocycles. The lowest BCUT2D eigenvalue weighted by Gasteiger charge is -2.50. The van der Waals surface area contributed by atoms with Crippen LogP contribution >= 0.6 is 0 Å². The number of esters is 1. The second-order valence-electron chi connectivity index (χ2n) is 7.67. The molecule has 0 aromatic carbocycles. The number of nitrogens with zero attached hydrogens (tertiary/aromatic N) is 3. The van der Waals surface area contributed by atoms with Crippen LogP contribution in [0.1, 0.15) is 53.4 Å². The van der Waals surface area contributed by atoms with Crippen molar-refractivity contribution in [1.29, 1.82) is 0 Å². The van der Waals surface area contributed by atoms with Crippen molar-refractivity contribution in [3.05, 3.63) is 10.4 Å². The molecular formula is C15H28N4O2. The fourth-order valence-electron chi connectivity index (χ4n) is 4.18. The third-order valence-corrected chi connectivity index (χ3v) is 4.06. The van der Waals surface area contributed by atoms with Gasteiger partial charge in [-0.05, 0) is 48.6 Å². The molecule has 1 aliphatic carbocycles. The Balaban J connectivity index is 2.87. The monoisotopic (exact) mass is 296 g/mol. The molecule has 1 N–H and O–H groups in total. The smallest absolute Gasteiger partial charge is 0.326 e. The van der Waals surface area contributed by atoms with Crippen LogP contribution in [0.2, 0.25) is 0 Å². The van der Waals surface area contributed by atoms with E-state index in [1.807, 2.05) is 0 Å². The molecule has 1 fully saturated rings. The molecule has 0 spiro atoms. The van der Waals surface area contributed by atoms with Crippen molar-refractivity contribution in [2.75, 3.05) is 20.2 Å². The average molecular weight is 296 g/mol. The van der Waals surface area contributed by atoms with Gasteiger partial charge in [0.05, 0.1) is 7.11 Å². The summed E-state index contributed by atoms with van der Waals surface area (Å²) in [7, 11) is 1.44. The Kier molecular flexibility index (Phi) is 5.65. The molecule has 1 aliphatic rings. The van der Waals surface area contributed by atoms with Crippen LogP contribution < -0.4 is 5.32 Å². The normalized spacial score (nSPS) is 22.1. The van der Waals surface area contributed by atoms with Crippen molar-refractivity contribution < 1.29 is 9.53 Å². The zero-order chi connectivity index (χ0) is 16.1. The lowest BCUT2D eigenvalue weighted by atomic mass is 9.58. The van der Waals surface area contributed by atoms with Crippen LogP contribution in [0.3, 0.4) is 0 Å². The molecule has 0 radical (unpaired) electrons. The highest BCUT2D eigenvalue weighted by Gasteiger charge is 2.52. The number of rotatable bonds is 6. The van der Waals surface area contributed by atoms with Crippen molar-refractivity contribution in [3.8, 4) is 0 Å². The molecule has 21 heavy (non-hydrogen) atoms. The van der Waals surface area contributed by atoms with Gasteiger partial charge in [-0.1, -0.05) is 32.8 Å². The number of azide groups is 1. The Morgan fingerprint density at radius 3 is 2.29 bits per heavy atom. The number of hydrogen-bond donors (Lipinski definition) is 1. The highest BCUT2D eigenvalue weighted by molar-refractivity contribution is 5.81.